The van der Waals surface area contributed by atoms with Crippen LogP contribution in [-0.4, -0.2) is 25.8 Å². The summed E-state index contributed by atoms with van der Waals surface area (Å²) in [5.41, 5.74) is 0.245. The van der Waals surface area contributed by atoms with Crippen molar-refractivity contribution in [2.45, 2.75) is 12.8 Å². The van der Waals surface area contributed by atoms with E-state index in [1.807, 2.05) is 0 Å². The molecule has 7 heteroatoms. The molecule has 0 aliphatic heterocycles. The summed E-state index contributed by atoms with van der Waals surface area (Å²) in [6, 6.07) is 0. The summed E-state index contributed by atoms with van der Waals surface area (Å²) < 4.78 is 8.88. The molecule has 0 aromatic carbocycles. The van der Waals surface area contributed by atoms with E-state index in [1.165, 1.54) is 0 Å². The average Bonchev–Trinajstić information content (AvgIpc) is 1.96. The molecule has 0 spiro atoms. The summed E-state index contributed by atoms with van der Waals surface area (Å²) in [5, 5.41) is 8.27. The van der Waals surface area contributed by atoms with Crippen molar-refractivity contribution in [1.82, 2.24) is 0 Å². The summed E-state index contributed by atoms with van der Waals surface area (Å²) >= 11 is 0. The van der Waals surface area contributed by atoms with E-state index >= 15 is 0 Å². The lowest BCUT2D eigenvalue weighted by Crippen LogP contribution is -1.97. The second-order valence-electron chi connectivity index (χ2n) is 2.25. The Balaban J connectivity index is 0. The average molecular weight is 224 g/mol. The molecular weight excluding hydrogens is 211 g/mol. The van der Waals surface area contributed by atoms with Gasteiger partial charge in [0.05, 0.1) is 0 Å². The number of phosphoric acid groups is 1. The van der Waals surface area contributed by atoms with Crippen LogP contribution in [0.25, 0.3) is 0 Å². The van der Waals surface area contributed by atoms with Crippen LogP contribution in [0.3, 0.4) is 0 Å². The monoisotopic (exact) mass is 224 g/mol. The van der Waals surface area contributed by atoms with Crippen molar-refractivity contribution in [1.29, 1.82) is 0 Å². The van der Waals surface area contributed by atoms with Gasteiger partial charge in [-0.1, -0.05) is 12.7 Å². The summed E-state index contributed by atoms with van der Waals surface area (Å²) in [5.74, 6) is -0.920. The van der Waals surface area contributed by atoms with Gasteiger partial charge in [-0.15, -0.1) is 6.58 Å². The first kappa shape index (κ1) is 15.5. The highest BCUT2D eigenvalue weighted by Crippen LogP contribution is 2.25. The Bertz CT molecular complexity index is 245. The summed E-state index contributed by atoms with van der Waals surface area (Å²) in [7, 11) is -4.64. The maximum absolute atomic E-state index is 10.1. The molecular formula is C7H13O6P. The minimum absolute atomic E-state index is 0.245. The van der Waals surface area contributed by atoms with Crippen LogP contribution in [0.4, 0.5) is 0 Å². The molecule has 0 aliphatic carbocycles. The molecule has 0 unspecified atom stereocenters. The molecule has 4 N–H and O–H groups in total. The van der Waals surface area contributed by atoms with E-state index in [9.17, 15) is 4.79 Å². The second-order valence-corrected chi connectivity index (χ2v) is 3.28. The van der Waals surface area contributed by atoms with Crippen molar-refractivity contribution in [2.75, 3.05) is 0 Å². The maximum Gasteiger partial charge on any atom is 0.466 e. The summed E-state index contributed by atoms with van der Waals surface area (Å²) in [6.07, 6.45) is 2.86. The molecule has 6 nitrogen and oxygen atoms in total. The highest BCUT2D eigenvalue weighted by molar-refractivity contribution is 7.45. The third kappa shape index (κ3) is 22.5. The Morgan fingerprint density at radius 1 is 1.36 bits per heavy atom. The smallest absolute Gasteiger partial charge is 0.466 e. The highest BCUT2D eigenvalue weighted by Gasteiger charge is 2.00. The lowest BCUT2D eigenvalue weighted by Gasteiger charge is -1.93. The Kier molecular flexibility index (Phi) is 8.28. The number of aliphatic carboxylic acids is 1. The van der Waals surface area contributed by atoms with Crippen molar-refractivity contribution in [3.63, 3.8) is 0 Å². The first-order chi connectivity index (χ1) is 6.18. The van der Waals surface area contributed by atoms with E-state index in [0.29, 0.717) is 12.8 Å². The predicted molar refractivity (Wildman–Crippen MR) is 50.5 cm³/mol. The quantitative estimate of drug-likeness (QED) is 0.317. The number of carbonyl (C=O) groups is 1. The van der Waals surface area contributed by atoms with Gasteiger partial charge < -0.3 is 19.8 Å². The van der Waals surface area contributed by atoms with E-state index in [1.54, 1.807) is 6.08 Å². The molecule has 0 aromatic rings. The number of rotatable bonds is 4. The van der Waals surface area contributed by atoms with Crippen LogP contribution < -0.4 is 0 Å². The Labute approximate surface area is 81.4 Å². The van der Waals surface area contributed by atoms with Gasteiger partial charge in [0.1, 0.15) is 0 Å². The van der Waals surface area contributed by atoms with Gasteiger partial charge in [-0.05, 0) is 12.8 Å². The molecule has 0 fully saturated rings. The van der Waals surface area contributed by atoms with Gasteiger partial charge in [0, 0.05) is 5.57 Å². The zero-order chi connectivity index (χ0) is 11.8. The zero-order valence-electron chi connectivity index (χ0n) is 7.46. The van der Waals surface area contributed by atoms with Crippen molar-refractivity contribution >= 4 is 13.8 Å². The number of carboxylic acids is 1. The molecule has 0 heterocycles. The van der Waals surface area contributed by atoms with E-state index < -0.39 is 13.8 Å². The van der Waals surface area contributed by atoms with Gasteiger partial charge in [0.15, 0.2) is 0 Å². The first-order valence-corrected chi connectivity index (χ1v) is 5.05. The van der Waals surface area contributed by atoms with Gasteiger partial charge in [0.25, 0.3) is 0 Å². The molecule has 0 aliphatic rings. The van der Waals surface area contributed by atoms with Crippen LogP contribution >= 0.6 is 7.82 Å². The van der Waals surface area contributed by atoms with Crippen LogP contribution in [0, 0.1) is 0 Å². The molecule has 0 rings (SSSR count). The third-order valence-electron chi connectivity index (χ3n) is 0.953. The molecule has 0 saturated heterocycles. The molecule has 14 heavy (non-hydrogen) atoms. The lowest BCUT2D eigenvalue weighted by atomic mass is 10.2. The first-order valence-electron chi connectivity index (χ1n) is 3.48. The third-order valence-corrected chi connectivity index (χ3v) is 0.953. The number of hydrogen-bond acceptors (Lipinski definition) is 2. The normalized spacial score (nSPS) is 9.64. The lowest BCUT2D eigenvalue weighted by molar-refractivity contribution is -0.132. The van der Waals surface area contributed by atoms with Crippen LogP contribution in [-0.2, 0) is 9.36 Å². The van der Waals surface area contributed by atoms with Crippen LogP contribution in [0.5, 0.6) is 0 Å². The van der Waals surface area contributed by atoms with E-state index in [2.05, 4.69) is 13.2 Å². The summed E-state index contributed by atoms with van der Waals surface area (Å²) in [4.78, 5) is 31.6. The Morgan fingerprint density at radius 3 is 1.93 bits per heavy atom. The van der Waals surface area contributed by atoms with Crippen LogP contribution in [0.15, 0.2) is 24.8 Å². The Morgan fingerprint density at radius 2 is 1.71 bits per heavy atom. The second kappa shape index (κ2) is 7.46. The standard InChI is InChI=1S/C7H10O2.H3O4P/c1-3-4-5-6(2)7(8)9;1-5(2,3)4/h3H,1-2,4-5H2,(H,8,9);(H3,1,2,3,4). The van der Waals surface area contributed by atoms with Gasteiger partial charge >= 0.3 is 13.8 Å². The molecule has 0 saturated carbocycles. The topological polar surface area (TPSA) is 115 Å². The fourth-order valence-corrected chi connectivity index (χ4v) is 0.383. The maximum atomic E-state index is 10.1. The minimum atomic E-state index is -4.64. The largest absolute Gasteiger partial charge is 0.478 e. The van der Waals surface area contributed by atoms with E-state index in [4.69, 9.17) is 24.4 Å². The minimum Gasteiger partial charge on any atom is -0.478 e. The predicted octanol–water partition coefficient (Wildman–Crippen LogP) is 0.665. The molecule has 0 amide bonds. The number of hydrogen-bond donors (Lipinski definition) is 4. The van der Waals surface area contributed by atoms with Crippen LogP contribution in [0.1, 0.15) is 12.8 Å². The summed E-state index contributed by atoms with van der Waals surface area (Å²) in [6.45, 7) is 6.80. The Hall–Kier alpha value is -0.940. The van der Waals surface area contributed by atoms with Crippen LogP contribution in [0.2, 0.25) is 0 Å². The zero-order valence-corrected chi connectivity index (χ0v) is 8.35. The van der Waals surface area contributed by atoms with Crippen molar-refractivity contribution in [3.05, 3.63) is 24.8 Å². The SMILES string of the molecule is C=CCCC(=C)C(=O)O.O=P(O)(O)O. The van der Waals surface area contributed by atoms with E-state index in [-0.39, 0.29) is 5.57 Å². The number of allylic oxidation sites excluding steroid dienone is 1. The van der Waals surface area contributed by atoms with Gasteiger partial charge in [0.2, 0.25) is 0 Å². The van der Waals surface area contributed by atoms with Gasteiger partial charge in [-0.2, -0.15) is 0 Å². The molecule has 0 radical (unpaired) electrons. The number of carboxylic acid groups (broad SMARTS) is 1. The van der Waals surface area contributed by atoms with Crippen molar-refractivity contribution in [2.24, 2.45) is 0 Å². The molecule has 82 valence electrons. The van der Waals surface area contributed by atoms with Crippen molar-refractivity contribution in [3.8, 4) is 0 Å². The highest BCUT2D eigenvalue weighted by atomic mass is 31.2. The fraction of sp³-hybridized carbons (Fsp3) is 0.286. The molecule has 0 bridgehead atoms. The van der Waals surface area contributed by atoms with Gasteiger partial charge in [-0.3, -0.25) is 0 Å². The van der Waals surface area contributed by atoms with E-state index in [0.717, 1.165) is 0 Å². The fourth-order valence-electron chi connectivity index (χ4n) is 0.383. The molecule has 0 aromatic heterocycles. The molecule has 0 atom stereocenters. The van der Waals surface area contributed by atoms with Crippen molar-refractivity contribution < 1.29 is 29.1 Å². The van der Waals surface area contributed by atoms with Gasteiger partial charge in [-0.25, -0.2) is 9.36 Å².